The van der Waals surface area contributed by atoms with Gasteiger partial charge in [0.15, 0.2) is 5.66 Å². The van der Waals surface area contributed by atoms with Gasteiger partial charge in [0, 0.05) is 16.6 Å². The van der Waals surface area contributed by atoms with Gasteiger partial charge in [-0.2, -0.15) is 0 Å². The van der Waals surface area contributed by atoms with Gasteiger partial charge in [-0.05, 0) is 44.4 Å². The third kappa shape index (κ3) is 4.67. The summed E-state index contributed by atoms with van der Waals surface area (Å²) in [7, 11) is -3.73. The van der Waals surface area contributed by atoms with Crippen molar-refractivity contribution in [1.29, 1.82) is 0 Å². The van der Waals surface area contributed by atoms with Crippen LogP contribution in [0.2, 0.25) is 0 Å². The lowest BCUT2D eigenvalue weighted by atomic mass is 10.0. The number of aromatic nitrogens is 1. The Kier molecular flexibility index (Phi) is 7.48. The average molecular weight is 429 g/mol. The van der Waals surface area contributed by atoms with Gasteiger partial charge in [-0.15, -0.1) is 0 Å². The van der Waals surface area contributed by atoms with Crippen molar-refractivity contribution < 1.29 is 23.1 Å². The van der Waals surface area contributed by atoms with Crippen LogP contribution in [-0.2, 0) is 29.6 Å². The molecule has 0 spiro atoms. The number of hydrogen-bond acceptors (Lipinski definition) is 5. The Bertz CT molecular complexity index is 1020. The summed E-state index contributed by atoms with van der Waals surface area (Å²) in [5, 5.41) is 0.963. The number of ether oxygens (including phenoxy) is 1. The third-order valence-corrected chi connectivity index (χ3v) is 7.23. The number of carbonyl (C=O) groups is 1. The number of fused-ring (bicyclic) bond motifs is 1. The van der Waals surface area contributed by atoms with E-state index in [0.29, 0.717) is 0 Å². The van der Waals surface area contributed by atoms with E-state index in [4.69, 9.17) is 13.8 Å². The number of H-pyrrole nitrogens is 1. The zero-order chi connectivity index (χ0) is 21.6. The van der Waals surface area contributed by atoms with E-state index in [9.17, 15) is 9.36 Å². The molecule has 0 aliphatic heterocycles. The van der Waals surface area contributed by atoms with Crippen LogP contribution in [0.4, 0.5) is 0 Å². The lowest BCUT2D eigenvalue weighted by Crippen LogP contribution is -2.28. The van der Waals surface area contributed by atoms with Crippen molar-refractivity contribution in [3.8, 4) is 11.3 Å². The lowest BCUT2D eigenvalue weighted by molar-refractivity contribution is -0.143. The normalized spacial score (nSPS) is 12.8. The van der Waals surface area contributed by atoms with Crippen LogP contribution in [0, 0.1) is 0 Å². The zero-order valence-corrected chi connectivity index (χ0v) is 18.5. The molecule has 0 bridgehead atoms. The minimum Gasteiger partial charge on any atom is -0.465 e. The largest absolute Gasteiger partial charge is 0.465 e. The van der Waals surface area contributed by atoms with Crippen LogP contribution in [0.15, 0.2) is 54.6 Å². The summed E-state index contributed by atoms with van der Waals surface area (Å²) in [5.74, 6) is -0.577. The lowest BCUT2D eigenvalue weighted by Gasteiger charge is -2.25. The van der Waals surface area contributed by atoms with Crippen LogP contribution in [-0.4, -0.2) is 36.4 Å². The first-order chi connectivity index (χ1) is 14.5. The van der Waals surface area contributed by atoms with Gasteiger partial charge in [0.2, 0.25) is 0 Å². The summed E-state index contributed by atoms with van der Waals surface area (Å²) in [6.45, 7) is 5.72. The van der Waals surface area contributed by atoms with E-state index < -0.39 is 19.2 Å². The minimum atomic E-state index is -3.73. The summed E-state index contributed by atoms with van der Waals surface area (Å²) in [5.41, 5.74) is 2.63. The molecule has 160 valence electrons. The van der Waals surface area contributed by atoms with Crippen LogP contribution < -0.4 is 0 Å². The number of hydrogen-bond donors (Lipinski definition) is 1. The van der Waals surface area contributed by atoms with E-state index >= 15 is 0 Å². The number of para-hydroxylation sites is 1. The van der Waals surface area contributed by atoms with Gasteiger partial charge in [0.25, 0.3) is 0 Å². The quantitative estimate of drug-likeness (QED) is 0.336. The number of rotatable bonds is 10. The second kappa shape index (κ2) is 10.1. The summed E-state index contributed by atoms with van der Waals surface area (Å²) in [6, 6.07) is 17.7. The van der Waals surface area contributed by atoms with E-state index in [-0.39, 0.29) is 26.2 Å². The first-order valence-corrected chi connectivity index (χ1v) is 11.9. The molecule has 0 saturated carbocycles. The first kappa shape index (κ1) is 22.3. The van der Waals surface area contributed by atoms with Crippen molar-refractivity contribution in [2.45, 2.75) is 32.9 Å². The van der Waals surface area contributed by atoms with Crippen molar-refractivity contribution in [2.24, 2.45) is 0 Å². The molecule has 1 aromatic heterocycles. The van der Waals surface area contributed by atoms with Gasteiger partial charge < -0.3 is 18.8 Å². The SMILES string of the molecule is CCOC(=O)C(Cc1c(-c2ccccc2)[nH]c2ccccc12)P(=O)(OCC)OCC. The average Bonchev–Trinajstić information content (AvgIpc) is 3.11. The molecule has 3 rings (SSSR count). The summed E-state index contributed by atoms with van der Waals surface area (Å²) in [6.07, 6.45) is 0.171. The molecule has 30 heavy (non-hydrogen) atoms. The van der Waals surface area contributed by atoms with E-state index in [2.05, 4.69) is 4.98 Å². The highest BCUT2D eigenvalue weighted by molar-refractivity contribution is 7.55. The maximum absolute atomic E-state index is 13.6. The Morgan fingerprint density at radius 2 is 1.57 bits per heavy atom. The van der Waals surface area contributed by atoms with Crippen LogP contribution in [0.3, 0.4) is 0 Å². The van der Waals surface area contributed by atoms with Crippen LogP contribution in [0.25, 0.3) is 22.2 Å². The number of carbonyl (C=O) groups excluding carboxylic acids is 1. The molecule has 0 amide bonds. The predicted molar refractivity (Wildman–Crippen MR) is 119 cm³/mol. The zero-order valence-electron chi connectivity index (χ0n) is 17.6. The van der Waals surface area contributed by atoms with Gasteiger partial charge in [-0.3, -0.25) is 9.36 Å². The van der Waals surface area contributed by atoms with Crippen molar-refractivity contribution in [3.63, 3.8) is 0 Å². The number of aromatic amines is 1. The Balaban J connectivity index is 2.14. The number of nitrogens with one attached hydrogen (secondary N) is 1. The fraction of sp³-hybridized carbons (Fsp3) is 0.348. The van der Waals surface area contributed by atoms with Gasteiger partial charge in [-0.1, -0.05) is 48.5 Å². The predicted octanol–water partition coefficient (Wildman–Crippen LogP) is 5.58. The summed E-state index contributed by atoms with van der Waals surface area (Å²) >= 11 is 0. The fourth-order valence-electron chi connectivity index (χ4n) is 3.60. The maximum Gasteiger partial charge on any atom is 0.345 e. The molecule has 0 aliphatic carbocycles. The number of esters is 1. The molecular weight excluding hydrogens is 401 g/mol. The van der Waals surface area contributed by atoms with Crippen molar-refractivity contribution in [1.82, 2.24) is 4.98 Å². The molecule has 2 aromatic carbocycles. The fourth-order valence-corrected chi connectivity index (χ4v) is 5.49. The summed E-state index contributed by atoms with van der Waals surface area (Å²) in [4.78, 5) is 16.3. The highest BCUT2D eigenvalue weighted by atomic mass is 31.2. The van der Waals surface area contributed by atoms with Crippen LogP contribution in [0.5, 0.6) is 0 Å². The van der Waals surface area contributed by atoms with Crippen molar-refractivity contribution >= 4 is 24.5 Å². The van der Waals surface area contributed by atoms with Gasteiger partial charge in [-0.25, -0.2) is 0 Å². The molecule has 7 heteroatoms. The molecule has 0 saturated heterocycles. The molecular formula is C23H28NO5P. The second-order valence-corrected chi connectivity index (χ2v) is 8.96. The third-order valence-electron chi connectivity index (χ3n) is 4.83. The first-order valence-electron chi connectivity index (χ1n) is 10.2. The Morgan fingerprint density at radius 3 is 2.20 bits per heavy atom. The number of benzene rings is 2. The highest BCUT2D eigenvalue weighted by Gasteiger charge is 2.43. The van der Waals surface area contributed by atoms with E-state index in [0.717, 1.165) is 27.7 Å². The molecule has 1 atom stereocenters. The molecule has 0 radical (unpaired) electrons. The molecule has 0 aliphatic rings. The van der Waals surface area contributed by atoms with Crippen LogP contribution >= 0.6 is 7.60 Å². The summed E-state index contributed by atoms with van der Waals surface area (Å²) < 4.78 is 29.9. The monoisotopic (exact) mass is 429 g/mol. The molecule has 0 fully saturated rings. The topological polar surface area (TPSA) is 77.6 Å². The molecule has 1 unspecified atom stereocenters. The molecule has 3 aromatic rings. The minimum absolute atomic E-state index is 0.171. The van der Waals surface area contributed by atoms with Gasteiger partial charge in [0.1, 0.15) is 0 Å². The van der Waals surface area contributed by atoms with E-state index in [1.807, 2.05) is 54.6 Å². The standard InChI is InChI=1S/C23H28NO5P/c1-4-27-23(25)21(30(26,28-5-2)29-6-3)16-19-18-14-10-11-15-20(18)24-22(19)17-12-8-7-9-13-17/h7-15,21,24H,4-6,16H2,1-3H3. The Hall–Kier alpha value is -2.40. The van der Waals surface area contributed by atoms with Crippen LogP contribution in [0.1, 0.15) is 26.3 Å². The Labute approximate surface area is 177 Å². The van der Waals surface area contributed by atoms with E-state index in [1.54, 1.807) is 20.8 Å². The molecule has 6 nitrogen and oxygen atoms in total. The van der Waals surface area contributed by atoms with Crippen molar-refractivity contribution in [2.75, 3.05) is 19.8 Å². The van der Waals surface area contributed by atoms with Gasteiger partial charge >= 0.3 is 13.6 Å². The second-order valence-electron chi connectivity index (χ2n) is 6.74. The maximum atomic E-state index is 13.6. The van der Waals surface area contributed by atoms with E-state index in [1.165, 1.54) is 0 Å². The smallest absolute Gasteiger partial charge is 0.345 e. The highest BCUT2D eigenvalue weighted by Crippen LogP contribution is 2.55. The molecule has 1 N–H and O–H groups in total. The van der Waals surface area contributed by atoms with Crippen molar-refractivity contribution in [3.05, 3.63) is 60.2 Å². The Morgan fingerprint density at radius 1 is 0.933 bits per heavy atom. The van der Waals surface area contributed by atoms with Gasteiger partial charge in [0.05, 0.1) is 19.8 Å². The molecule has 1 heterocycles.